The van der Waals surface area contributed by atoms with Crippen LogP contribution in [0.25, 0.3) is 11.0 Å². The third kappa shape index (κ3) is 3.69. The molecular formula is C17H26N4O2. The van der Waals surface area contributed by atoms with Gasteiger partial charge in [-0.05, 0) is 33.3 Å². The quantitative estimate of drug-likeness (QED) is 0.851. The number of carbonyl (C=O) groups excluding carboxylic acids is 1. The number of aryl methyl sites for hydroxylation is 1. The summed E-state index contributed by atoms with van der Waals surface area (Å²) < 4.78 is 1.83. The van der Waals surface area contributed by atoms with Crippen LogP contribution < -0.4 is 0 Å². The summed E-state index contributed by atoms with van der Waals surface area (Å²) in [6, 6.07) is 1.99. The molecule has 0 saturated carbocycles. The molecule has 0 aliphatic rings. The van der Waals surface area contributed by atoms with Gasteiger partial charge in [0.1, 0.15) is 0 Å². The van der Waals surface area contributed by atoms with Gasteiger partial charge in [-0.3, -0.25) is 4.79 Å². The molecule has 0 aliphatic heterocycles. The number of aromatic nitrogens is 3. The van der Waals surface area contributed by atoms with Crippen molar-refractivity contribution in [3.05, 3.63) is 23.5 Å². The molecule has 23 heavy (non-hydrogen) atoms. The van der Waals surface area contributed by atoms with E-state index < -0.39 is 0 Å². The van der Waals surface area contributed by atoms with Crippen molar-refractivity contribution in [3.63, 3.8) is 0 Å². The minimum atomic E-state index is -0.0636. The number of unbranched alkanes of at least 4 members (excludes halogenated alkanes) is 1. The number of carbonyl (C=O) groups is 1. The summed E-state index contributed by atoms with van der Waals surface area (Å²) in [4.78, 5) is 19.2. The maximum absolute atomic E-state index is 12.9. The average molecular weight is 318 g/mol. The van der Waals surface area contributed by atoms with Gasteiger partial charge < -0.3 is 10.0 Å². The van der Waals surface area contributed by atoms with E-state index in [0.29, 0.717) is 18.7 Å². The number of nitrogens with zero attached hydrogens (tertiary/aromatic N) is 4. The number of aliphatic hydroxyl groups is 1. The van der Waals surface area contributed by atoms with E-state index in [2.05, 4.69) is 17.0 Å². The molecule has 0 atom stereocenters. The number of fused-ring (bicyclic) bond motifs is 1. The SMILES string of the molecule is CCCCN(CCO)C(=O)c1cc(C)nc2c1cnn2C(C)C. The zero-order valence-corrected chi connectivity index (χ0v) is 14.4. The second-order valence-electron chi connectivity index (χ2n) is 6.10. The molecule has 0 bridgehead atoms. The molecule has 0 radical (unpaired) electrons. The highest BCUT2D eigenvalue weighted by Crippen LogP contribution is 2.22. The number of aliphatic hydroxyl groups excluding tert-OH is 1. The molecule has 0 saturated heterocycles. The Balaban J connectivity index is 2.46. The fraction of sp³-hybridized carbons (Fsp3) is 0.588. The molecule has 0 fully saturated rings. The monoisotopic (exact) mass is 318 g/mol. The highest BCUT2D eigenvalue weighted by molar-refractivity contribution is 6.05. The Kier molecular flexibility index (Phi) is 5.71. The first-order valence-corrected chi connectivity index (χ1v) is 8.24. The van der Waals surface area contributed by atoms with E-state index >= 15 is 0 Å². The number of pyridine rings is 1. The maximum Gasteiger partial charge on any atom is 0.254 e. The van der Waals surface area contributed by atoms with Crippen molar-refractivity contribution in [1.82, 2.24) is 19.7 Å². The predicted octanol–water partition coefficient (Wildman–Crippen LogP) is 2.56. The van der Waals surface area contributed by atoms with Crippen molar-refractivity contribution < 1.29 is 9.90 Å². The average Bonchev–Trinajstić information content (AvgIpc) is 2.93. The Bertz CT molecular complexity index is 679. The Morgan fingerprint density at radius 2 is 2.13 bits per heavy atom. The zero-order valence-electron chi connectivity index (χ0n) is 14.4. The van der Waals surface area contributed by atoms with Gasteiger partial charge in [0.05, 0.1) is 23.8 Å². The summed E-state index contributed by atoms with van der Waals surface area (Å²) in [5.41, 5.74) is 2.15. The van der Waals surface area contributed by atoms with Crippen molar-refractivity contribution in [2.24, 2.45) is 0 Å². The molecule has 6 nitrogen and oxygen atoms in total. The van der Waals surface area contributed by atoms with E-state index in [0.717, 1.165) is 29.6 Å². The Hall–Kier alpha value is -1.95. The second kappa shape index (κ2) is 7.55. The van der Waals surface area contributed by atoms with Crippen LogP contribution in [0.15, 0.2) is 12.3 Å². The van der Waals surface area contributed by atoms with Gasteiger partial charge in [0.15, 0.2) is 5.65 Å². The molecule has 0 spiro atoms. The van der Waals surface area contributed by atoms with Crippen LogP contribution >= 0.6 is 0 Å². The molecule has 0 aliphatic carbocycles. The third-order valence-electron chi connectivity index (χ3n) is 3.85. The van der Waals surface area contributed by atoms with Crippen LogP contribution in [0.1, 0.15) is 55.7 Å². The topological polar surface area (TPSA) is 71.2 Å². The molecule has 2 aromatic heterocycles. The zero-order chi connectivity index (χ0) is 17.0. The van der Waals surface area contributed by atoms with Crippen LogP contribution in [0, 0.1) is 6.92 Å². The minimum absolute atomic E-state index is 0.0338. The highest BCUT2D eigenvalue weighted by Gasteiger charge is 2.21. The van der Waals surface area contributed by atoms with Gasteiger partial charge in [0.2, 0.25) is 0 Å². The lowest BCUT2D eigenvalue weighted by Crippen LogP contribution is -2.34. The summed E-state index contributed by atoms with van der Waals surface area (Å²) in [7, 11) is 0. The van der Waals surface area contributed by atoms with Gasteiger partial charge in [-0.2, -0.15) is 5.10 Å². The lowest BCUT2D eigenvalue weighted by Gasteiger charge is -2.22. The van der Waals surface area contributed by atoms with E-state index in [4.69, 9.17) is 0 Å². The van der Waals surface area contributed by atoms with Crippen molar-refractivity contribution in [3.8, 4) is 0 Å². The molecular weight excluding hydrogens is 292 g/mol. The van der Waals surface area contributed by atoms with E-state index in [1.807, 2.05) is 31.5 Å². The molecule has 2 rings (SSSR count). The first-order valence-electron chi connectivity index (χ1n) is 8.24. The number of amides is 1. The summed E-state index contributed by atoms with van der Waals surface area (Å²) in [6.07, 6.45) is 3.64. The molecule has 0 aromatic carbocycles. The smallest absolute Gasteiger partial charge is 0.254 e. The van der Waals surface area contributed by atoms with Crippen molar-refractivity contribution in [2.45, 2.75) is 46.6 Å². The molecule has 2 aromatic rings. The third-order valence-corrected chi connectivity index (χ3v) is 3.85. The van der Waals surface area contributed by atoms with E-state index in [-0.39, 0.29) is 18.6 Å². The summed E-state index contributed by atoms with van der Waals surface area (Å²) in [5.74, 6) is -0.0636. The van der Waals surface area contributed by atoms with Crippen LogP contribution in [0.3, 0.4) is 0 Å². The van der Waals surface area contributed by atoms with Gasteiger partial charge in [0, 0.05) is 24.8 Å². The number of hydrogen-bond acceptors (Lipinski definition) is 4. The second-order valence-corrected chi connectivity index (χ2v) is 6.10. The largest absolute Gasteiger partial charge is 0.395 e. The van der Waals surface area contributed by atoms with Crippen LogP contribution in [-0.4, -0.2) is 50.4 Å². The van der Waals surface area contributed by atoms with Crippen molar-refractivity contribution >= 4 is 16.9 Å². The minimum Gasteiger partial charge on any atom is -0.395 e. The van der Waals surface area contributed by atoms with Crippen molar-refractivity contribution in [2.75, 3.05) is 19.7 Å². The summed E-state index contributed by atoms with van der Waals surface area (Å²) in [6.45, 7) is 9.01. The van der Waals surface area contributed by atoms with Crippen LogP contribution in [0.2, 0.25) is 0 Å². The Morgan fingerprint density at radius 3 is 2.74 bits per heavy atom. The van der Waals surface area contributed by atoms with Gasteiger partial charge in [-0.25, -0.2) is 9.67 Å². The van der Waals surface area contributed by atoms with Crippen LogP contribution in [0.4, 0.5) is 0 Å². The summed E-state index contributed by atoms with van der Waals surface area (Å²) in [5, 5.41) is 14.4. The van der Waals surface area contributed by atoms with E-state index in [1.165, 1.54) is 0 Å². The maximum atomic E-state index is 12.9. The fourth-order valence-electron chi connectivity index (χ4n) is 2.65. The lowest BCUT2D eigenvalue weighted by molar-refractivity contribution is 0.0721. The first kappa shape index (κ1) is 17.4. The standard InChI is InChI=1S/C17H26N4O2/c1-5-6-7-20(8-9-22)17(23)14-10-13(4)19-16-15(14)11-18-21(16)12(2)3/h10-12,22H,5-9H2,1-4H3. The predicted molar refractivity (Wildman–Crippen MR) is 90.5 cm³/mol. The fourth-order valence-corrected chi connectivity index (χ4v) is 2.65. The van der Waals surface area contributed by atoms with Gasteiger partial charge >= 0.3 is 0 Å². The first-order chi connectivity index (χ1) is 11.0. The van der Waals surface area contributed by atoms with Crippen LogP contribution in [-0.2, 0) is 0 Å². The molecule has 2 heterocycles. The van der Waals surface area contributed by atoms with Gasteiger partial charge in [-0.1, -0.05) is 13.3 Å². The van der Waals surface area contributed by atoms with Gasteiger partial charge in [-0.15, -0.1) is 0 Å². The summed E-state index contributed by atoms with van der Waals surface area (Å²) >= 11 is 0. The molecule has 1 amide bonds. The number of rotatable bonds is 7. The lowest BCUT2D eigenvalue weighted by atomic mass is 10.1. The molecule has 0 unspecified atom stereocenters. The number of hydrogen-bond donors (Lipinski definition) is 1. The van der Waals surface area contributed by atoms with E-state index in [9.17, 15) is 9.90 Å². The van der Waals surface area contributed by atoms with Crippen LogP contribution in [0.5, 0.6) is 0 Å². The molecule has 6 heteroatoms. The normalized spacial score (nSPS) is 11.4. The Labute approximate surface area is 137 Å². The van der Waals surface area contributed by atoms with E-state index in [1.54, 1.807) is 11.1 Å². The van der Waals surface area contributed by atoms with Gasteiger partial charge in [0.25, 0.3) is 5.91 Å². The Morgan fingerprint density at radius 1 is 1.39 bits per heavy atom. The highest BCUT2D eigenvalue weighted by atomic mass is 16.3. The molecule has 1 N–H and O–H groups in total. The van der Waals surface area contributed by atoms with Crippen molar-refractivity contribution in [1.29, 1.82) is 0 Å². The molecule has 126 valence electrons.